The van der Waals surface area contributed by atoms with Crippen molar-refractivity contribution >= 4 is 51.4 Å². The number of nitrogens with one attached hydrogen (secondary N) is 1. The summed E-state index contributed by atoms with van der Waals surface area (Å²) in [5.74, 6) is 1.22. The van der Waals surface area contributed by atoms with Crippen molar-refractivity contribution in [1.29, 1.82) is 0 Å². The number of anilines is 5. The first kappa shape index (κ1) is 39.1. The molecule has 13 nitrogen and oxygen atoms in total. The highest BCUT2D eigenvalue weighted by atomic mass is 16.3. The molecule has 6 aliphatic rings. The van der Waals surface area contributed by atoms with E-state index >= 15 is 0 Å². The van der Waals surface area contributed by atoms with Gasteiger partial charge in [0, 0.05) is 117 Å². The molecule has 3 amide bonds. The fourth-order valence-corrected chi connectivity index (χ4v) is 12.2. The number of hydrogen-bond donors (Lipinski definition) is 3. The molecule has 1 spiro atoms. The van der Waals surface area contributed by atoms with Crippen LogP contribution in [0.4, 0.5) is 33.4 Å². The Labute approximate surface area is 363 Å². The van der Waals surface area contributed by atoms with Crippen LogP contribution in [0.3, 0.4) is 0 Å². The van der Waals surface area contributed by atoms with Crippen molar-refractivity contribution in [2.45, 2.75) is 82.8 Å². The highest BCUT2D eigenvalue weighted by molar-refractivity contribution is 6.06. The molecular formula is C49H58N10O3. The third kappa shape index (κ3) is 7.07. The van der Waals surface area contributed by atoms with Crippen LogP contribution < -0.4 is 30.7 Å². The van der Waals surface area contributed by atoms with Gasteiger partial charge in [-0.1, -0.05) is 18.2 Å². The number of benzene rings is 3. The number of nitrogens with two attached hydrogens (primary N) is 1. The lowest BCUT2D eigenvalue weighted by molar-refractivity contribution is -0.120. The molecule has 7 heterocycles. The summed E-state index contributed by atoms with van der Waals surface area (Å²) < 4.78 is 2.48. The number of urea groups is 1. The van der Waals surface area contributed by atoms with Gasteiger partial charge in [-0.05, 0) is 130 Å². The summed E-state index contributed by atoms with van der Waals surface area (Å²) in [5.41, 5.74) is 15.1. The molecule has 5 aliphatic heterocycles. The van der Waals surface area contributed by atoms with Crippen LogP contribution >= 0.6 is 0 Å². The molecule has 6 fully saturated rings. The van der Waals surface area contributed by atoms with E-state index < -0.39 is 0 Å². The number of aromatic nitrogens is 3. The van der Waals surface area contributed by atoms with E-state index in [1.54, 1.807) is 11.0 Å². The zero-order chi connectivity index (χ0) is 42.1. The minimum absolute atomic E-state index is 0.191. The van der Waals surface area contributed by atoms with Gasteiger partial charge in [-0.2, -0.15) is 0 Å². The van der Waals surface area contributed by atoms with Gasteiger partial charge in [0.1, 0.15) is 5.75 Å². The first-order chi connectivity index (χ1) is 30.2. The topological polar surface area (TPSA) is 139 Å². The number of amides is 3. The van der Waals surface area contributed by atoms with Crippen LogP contribution in [-0.2, 0) is 4.79 Å². The van der Waals surface area contributed by atoms with E-state index in [-0.39, 0.29) is 17.7 Å². The van der Waals surface area contributed by atoms with Gasteiger partial charge in [0.25, 0.3) is 0 Å². The number of aryl methyl sites for hydroxylation is 1. The van der Waals surface area contributed by atoms with Gasteiger partial charge >= 0.3 is 6.03 Å². The number of phenolic OH excluding ortho intramolecular Hbond substituents is 1. The van der Waals surface area contributed by atoms with Gasteiger partial charge in [0.2, 0.25) is 5.91 Å². The number of phenols is 1. The second-order valence-corrected chi connectivity index (χ2v) is 19.2. The molecule has 3 aromatic carbocycles. The van der Waals surface area contributed by atoms with Crippen LogP contribution in [0, 0.1) is 18.3 Å². The molecule has 5 saturated heterocycles. The Morgan fingerprint density at radius 2 is 1.55 bits per heavy atom. The number of carbonyl (C=O) groups is 2. The Morgan fingerprint density at radius 1 is 0.790 bits per heavy atom. The second-order valence-electron chi connectivity index (χ2n) is 19.2. The Bertz CT molecular complexity index is 2500. The molecular weight excluding hydrogens is 777 g/mol. The van der Waals surface area contributed by atoms with E-state index in [4.69, 9.17) is 5.73 Å². The van der Waals surface area contributed by atoms with Crippen LogP contribution in [0.25, 0.3) is 22.2 Å². The van der Waals surface area contributed by atoms with E-state index in [1.165, 1.54) is 60.1 Å². The van der Waals surface area contributed by atoms with Crippen molar-refractivity contribution in [3.8, 4) is 17.0 Å². The summed E-state index contributed by atoms with van der Waals surface area (Å²) in [6, 6.07) is 25.8. The largest absolute Gasteiger partial charge is 0.507 e. The molecule has 322 valence electrons. The van der Waals surface area contributed by atoms with Gasteiger partial charge < -0.3 is 35.0 Å². The van der Waals surface area contributed by atoms with Crippen LogP contribution in [0.5, 0.6) is 5.75 Å². The van der Waals surface area contributed by atoms with Crippen molar-refractivity contribution in [2.75, 3.05) is 77.7 Å². The van der Waals surface area contributed by atoms with Crippen molar-refractivity contribution in [1.82, 2.24) is 25.0 Å². The molecule has 2 atom stereocenters. The molecule has 0 radical (unpaired) electrons. The predicted octanol–water partition coefficient (Wildman–Crippen LogP) is 7.33. The fraction of sp³-hybridized carbons (Fsp3) is 0.469. The molecule has 2 unspecified atom stereocenters. The van der Waals surface area contributed by atoms with Crippen LogP contribution in [0.1, 0.15) is 69.4 Å². The van der Waals surface area contributed by atoms with E-state index in [0.29, 0.717) is 53.6 Å². The van der Waals surface area contributed by atoms with Crippen molar-refractivity contribution in [3.63, 3.8) is 0 Å². The lowest BCUT2D eigenvalue weighted by Crippen LogP contribution is -2.54. The van der Waals surface area contributed by atoms with Gasteiger partial charge in [-0.3, -0.25) is 15.0 Å². The maximum Gasteiger partial charge on any atom is 0.328 e. The second kappa shape index (κ2) is 15.5. The summed E-state index contributed by atoms with van der Waals surface area (Å²) in [6.07, 6.45) is 12.6. The summed E-state index contributed by atoms with van der Waals surface area (Å²) in [7, 11) is 0. The zero-order valence-corrected chi connectivity index (χ0v) is 35.8. The number of imide groups is 1. The number of rotatable bonds is 8. The number of piperazine rings is 1. The quantitative estimate of drug-likeness (QED) is 0.146. The number of para-hydroxylation sites is 1. The third-order valence-electron chi connectivity index (χ3n) is 15.4. The Kier molecular flexibility index (Phi) is 9.77. The number of piperidine rings is 2. The number of aromatic hydroxyl groups is 1. The van der Waals surface area contributed by atoms with Gasteiger partial charge in [-0.15, -0.1) is 10.2 Å². The van der Waals surface area contributed by atoms with Gasteiger partial charge in [-0.25, -0.2) is 4.79 Å². The average Bonchev–Trinajstić information content (AvgIpc) is 3.74. The van der Waals surface area contributed by atoms with Crippen molar-refractivity contribution in [2.24, 2.45) is 11.3 Å². The predicted molar refractivity (Wildman–Crippen MR) is 245 cm³/mol. The van der Waals surface area contributed by atoms with Crippen LogP contribution in [0.15, 0.2) is 79.0 Å². The van der Waals surface area contributed by atoms with Gasteiger partial charge in [0.05, 0.1) is 11.4 Å². The number of fused-ring (bicyclic) bond motifs is 3. The van der Waals surface area contributed by atoms with Gasteiger partial charge in [0.15, 0.2) is 5.82 Å². The maximum atomic E-state index is 12.5. The number of hydrogen-bond acceptors (Lipinski definition) is 10. The lowest BCUT2D eigenvalue weighted by atomic mass is 9.57. The Balaban J connectivity index is 0.666. The molecule has 2 aromatic heterocycles. The molecule has 5 aromatic rings. The summed E-state index contributed by atoms with van der Waals surface area (Å²) >= 11 is 0. The van der Waals surface area contributed by atoms with E-state index in [9.17, 15) is 14.7 Å². The first-order valence-electron chi connectivity index (χ1n) is 22.9. The summed E-state index contributed by atoms with van der Waals surface area (Å²) in [6.45, 7) is 10.1. The highest BCUT2D eigenvalue weighted by Crippen LogP contribution is 2.53. The lowest BCUT2D eigenvalue weighted by Gasteiger charge is -2.54. The number of nitrogens with zero attached hydrogens (tertiary/aromatic N) is 8. The maximum absolute atomic E-state index is 12.5. The number of carbonyl (C=O) groups excluding carboxylic acids is 2. The van der Waals surface area contributed by atoms with E-state index in [1.807, 2.05) is 30.3 Å². The normalized spacial score (nSPS) is 23.4. The minimum atomic E-state index is -0.335. The van der Waals surface area contributed by atoms with Crippen molar-refractivity contribution in [3.05, 3.63) is 84.6 Å². The average molecular weight is 835 g/mol. The van der Waals surface area contributed by atoms with Crippen LogP contribution in [0.2, 0.25) is 0 Å². The summed E-state index contributed by atoms with van der Waals surface area (Å²) in [5, 5.41) is 22.7. The number of likely N-dealkylation sites (tertiary alicyclic amines) is 1. The Hall–Kier alpha value is -5.82. The van der Waals surface area contributed by atoms with Crippen LogP contribution in [-0.4, -0.2) is 101 Å². The SMILES string of the molecule is Cc1cn(C2CCN(CC3CC4(CCN(c5cccc(N6C7CCC6CN(c6cc(-c8ccccc8O)nnc6N)C7)c5)CC4)C3)CC2)c2ccc(N3CCC(=O)NC3=O)cc12. The van der Waals surface area contributed by atoms with E-state index in [2.05, 4.69) is 89.2 Å². The summed E-state index contributed by atoms with van der Waals surface area (Å²) in [4.78, 5) is 36.3. The van der Waals surface area contributed by atoms with E-state index in [0.717, 1.165) is 82.2 Å². The molecule has 1 saturated carbocycles. The molecule has 11 rings (SSSR count). The monoisotopic (exact) mass is 834 g/mol. The zero-order valence-electron chi connectivity index (χ0n) is 35.8. The third-order valence-corrected chi connectivity index (χ3v) is 15.4. The van der Waals surface area contributed by atoms with Crippen molar-refractivity contribution < 1.29 is 14.7 Å². The molecule has 13 heteroatoms. The molecule has 1 aliphatic carbocycles. The highest BCUT2D eigenvalue weighted by Gasteiger charge is 2.46. The Morgan fingerprint density at radius 3 is 2.31 bits per heavy atom. The smallest absolute Gasteiger partial charge is 0.328 e. The molecule has 4 N–H and O–H groups in total. The fourth-order valence-electron chi connectivity index (χ4n) is 12.2. The molecule has 62 heavy (non-hydrogen) atoms. The molecule has 2 bridgehead atoms. The first-order valence-corrected chi connectivity index (χ1v) is 22.9. The number of nitrogen functional groups attached to an aromatic ring is 1. The standard InChI is InChI=1S/C49H58N10O3/c1-32-28-58(43-12-11-36(24-41(32)43)57-20-15-46(61)51-48(57)62)34-13-18-54(19-14-34)29-33-26-49(27-33)16-21-55(22-17-49)35-5-4-6-37(23-35)59-38-9-10-39(59)31-56(30-38)44-25-42(52-53-47(44)50)40-7-2-3-8-45(40)60/h2-8,11-12,23-25,28,33-34,38-39,60H,9-10,13-22,26-27,29-31H2,1H3,(H2,50,53)(H,51,61,62). The minimum Gasteiger partial charge on any atom is -0.507 e.